The summed E-state index contributed by atoms with van der Waals surface area (Å²) in [7, 11) is 2.66. The van der Waals surface area contributed by atoms with Gasteiger partial charge in [-0.25, -0.2) is 4.79 Å². The number of rotatable bonds is 5. The second kappa shape index (κ2) is 8.38. The fraction of sp³-hybridized carbons (Fsp3) is 0.211. The summed E-state index contributed by atoms with van der Waals surface area (Å²) in [5.41, 5.74) is 1.33. The number of nitrogens with zero attached hydrogens (tertiary/aromatic N) is 1. The predicted octanol–water partition coefficient (Wildman–Crippen LogP) is 3.41. The van der Waals surface area contributed by atoms with Gasteiger partial charge in [0.15, 0.2) is 11.5 Å². The molecule has 0 aliphatic rings. The number of ether oxygens (including phenoxy) is 2. The minimum Gasteiger partial charge on any atom is -0.504 e. The van der Waals surface area contributed by atoms with E-state index in [1.165, 1.54) is 43.8 Å². The summed E-state index contributed by atoms with van der Waals surface area (Å²) < 4.78 is 9.79. The van der Waals surface area contributed by atoms with Gasteiger partial charge in [0.05, 0.1) is 19.8 Å². The lowest BCUT2D eigenvalue weighted by molar-refractivity contribution is -0.112. The molecule has 0 aliphatic carbocycles. The number of methoxy groups -OCH3 is 2. The number of thiophene rings is 1. The highest BCUT2D eigenvalue weighted by atomic mass is 32.1. The van der Waals surface area contributed by atoms with E-state index in [1.54, 1.807) is 13.0 Å². The molecule has 0 bridgehead atoms. The average molecular weight is 386 g/mol. The van der Waals surface area contributed by atoms with Crippen molar-refractivity contribution in [1.82, 2.24) is 0 Å². The molecule has 0 fully saturated rings. The number of esters is 1. The molecule has 0 aliphatic heterocycles. The number of amides is 1. The first kappa shape index (κ1) is 20.0. The van der Waals surface area contributed by atoms with Gasteiger partial charge in [-0.2, -0.15) is 5.26 Å². The molecule has 1 heterocycles. The predicted molar refractivity (Wildman–Crippen MR) is 102 cm³/mol. The van der Waals surface area contributed by atoms with E-state index in [0.29, 0.717) is 16.1 Å². The Bertz CT molecular complexity index is 969. The Morgan fingerprint density at radius 1 is 1.30 bits per heavy atom. The lowest BCUT2D eigenvalue weighted by Crippen LogP contribution is -2.15. The largest absolute Gasteiger partial charge is 0.504 e. The van der Waals surface area contributed by atoms with Gasteiger partial charge in [0.2, 0.25) is 0 Å². The Morgan fingerprint density at radius 2 is 2.00 bits per heavy atom. The molecule has 0 spiro atoms. The standard InChI is InChI=1S/C19H18N2O5S/c1-10-11(2)27-18(16(10)19(24)26-4)21-17(23)13(9-20)7-12-5-6-14(22)15(8-12)25-3/h5-8,22H,1-4H3,(H,21,23)/b13-7+. The van der Waals surface area contributed by atoms with Crippen LogP contribution in [0.25, 0.3) is 6.08 Å². The second-order valence-corrected chi connectivity index (χ2v) is 6.76. The molecule has 0 saturated carbocycles. The van der Waals surface area contributed by atoms with E-state index in [0.717, 1.165) is 4.88 Å². The molecule has 0 unspecified atom stereocenters. The third kappa shape index (κ3) is 4.27. The maximum absolute atomic E-state index is 12.5. The lowest BCUT2D eigenvalue weighted by Gasteiger charge is -2.06. The molecule has 2 rings (SSSR count). The number of nitriles is 1. The average Bonchev–Trinajstić information content (AvgIpc) is 2.93. The number of aromatic hydroxyl groups is 1. The molecule has 7 nitrogen and oxygen atoms in total. The molecular formula is C19H18N2O5S. The van der Waals surface area contributed by atoms with E-state index >= 15 is 0 Å². The van der Waals surface area contributed by atoms with Gasteiger partial charge in [-0.05, 0) is 43.2 Å². The first-order valence-electron chi connectivity index (χ1n) is 7.80. The van der Waals surface area contributed by atoms with Gasteiger partial charge in [-0.1, -0.05) is 6.07 Å². The van der Waals surface area contributed by atoms with Gasteiger partial charge in [-0.3, -0.25) is 4.79 Å². The summed E-state index contributed by atoms with van der Waals surface area (Å²) >= 11 is 1.23. The van der Waals surface area contributed by atoms with E-state index in [-0.39, 0.29) is 22.6 Å². The van der Waals surface area contributed by atoms with Crippen molar-refractivity contribution < 1.29 is 24.2 Å². The third-order valence-electron chi connectivity index (χ3n) is 3.88. The fourth-order valence-electron chi connectivity index (χ4n) is 2.33. The topological polar surface area (TPSA) is 109 Å². The van der Waals surface area contributed by atoms with E-state index in [9.17, 15) is 20.0 Å². The molecule has 0 atom stereocenters. The minimum absolute atomic E-state index is 0.0511. The van der Waals surface area contributed by atoms with Gasteiger partial charge < -0.3 is 19.9 Å². The molecule has 1 aromatic carbocycles. The summed E-state index contributed by atoms with van der Waals surface area (Å²) in [6.45, 7) is 3.59. The monoisotopic (exact) mass is 386 g/mol. The van der Waals surface area contributed by atoms with E-state index in [4.69, 9.17) is 9.47 Å². The van der Waals surface area contributed by atoms with Gasteiger partial charge >= 0.3 is 5.97 Å². The zero-order valence-electron chi connectivity index (χ0n) is 15.2. The Labute approximate surface area is 160 Å². The van der Waals surface area contributed by atoms with Crippen molar-refractivity contribution in [2.45, 2.75) is 13.8 Å². The molecule has 140 valence electrons. The van der Waals surface area contributed by atoms with Gasteiger partial charge in [-0.15, -0.1) is 11.3 Å². The van der Waals surface area contributed by atoms with Crippen LogP contribution >= 0.6 is 11.3 Å². The van der Waals surface area contributed by atoms with Crippen LogP contribution in [0.4, 0.5) is 5.00 Å². The molecule has 2 N–H and O–H groups in total. The van der Waals surface area contributed by atoms with Crippen LogP contribution in [0.1, 0.15) is 26.4 Å². The number of phenols is 1. The van der Waals surface area contributed by atoms with Crippen LogP contribution in [0.2, 0.25) is 0 Å². The van der Waals surface area contributed by atoms with Crippen LogP contribution in [-0.4, -0.2) is 31.2 Å². The number of benzene rings is 1. The maximum Gasteiger partial charge on any atom is 0.341 e. The van der Waals surface area contributed by atoms with Crippen LogP contribution in [0.3, 0.4) is 0 Å². The summed E-state index contributed by atoms with van der Waals surface area (Å²) in [6, 6.07) is 6.29. The normalized spacial score (nSPS) is 10.9. The Balaban J connectivity index is 2.35. The molecule has 8 heteroatoms. The van der Waals surface area contributed by atoms with Gasteiger partial charge in [0.1, 0.15) is 16.6 Å². The Hall–Kier alpha value is -3.31. The zero-order valence-corrected chi connectivity index (χ0v) is 16.1. The first-order valence-corrected chi connectivity index (χ1v) is 8.62. The van der Waals surface area contributed by atoms with Gasteiger partial charge in [0.25, 0.3) is 5.91 Å². The molecule has 0 saturated heterocycles. The van der Waals surface area contributed by atoms with Crippen molar-refractivity contribution in [3.8, 4) is 17.6 Å². The molecule has 0 radical (unpaired) electrons. The number of phenolic OH excluding ortho intramolecular Hbond substituents is 1. The smallest absolute Gasteiger partial charge is 0.341 e. The van der Waals surface area contributed by atoms with Crippen LogP contribution in [-0.2, 0) is 9.53 Å². The van der Waals surface area contributed by atoms with Crippen LogP contribution in [0, 0.1) is 25.2 Å². The Kier molecular flexibility index (Phi) is 6.21. The van der Waals surface area contributed by atoms with Crippen molar-refractivity contribution in [3.05, 3.63) is 45.3 Å². The van der Waals surface area contributed by atoms with Crippen molar-refractivity contribution >= 4 is 34.3 Å². The van der Waals surface area contributed by atoms with Crippen molar-refractivity contribution in [2.75, 3.05) is 19.5 Å². The third-order valence-corrected chi connectivity index (χ3v) is 5.00. The van der Waals surface area contributed by atoms with E-state index < -0.39 is 11.9 Å². The summed E-state index contributed by atoms with van der Waals surface area (Å²) in [5.74, 6) is -1.04. The first-order chi connectivity index (χ1) is 12.8. The van der Waals surface area contributed by atoms with Crippen molar-refractivity contribution in [1.29, 1.82) is 5.26 Å². The van der Waals surface area contributed by atoms with Gasteiger partial charge in [0, 0.05) is 4.88 Å². The van der Waals surface area contributed by atoms with Crippen LogP contribution in [0.15, 0.2) is 23.8 Å². The lowest BCUT2D eigenvalue weighted by atomic mass is 10.1. The SMILES string of the molecule is COC(=O)c1c(NC(=O)/C(C#N)=C/c2ccc(O)c(OC)c2)sc(C)c1C. The molecule has 1 amide bonds. The highest BCUT2D eigenvalue weighted by Crippen LogP contribution is 2.33. The zero-order chi connectivity index (χ0) is 20.1. The van der Waals surface area contributed by atoms with E-state index in [2.05, 4.69) is 5.32 Å². The molecular weight excluding hydrogens is 368 g/mol. The van der Waals surface area contributed by atoms with Crippen molar-refractivity contribution in [3.63, 3.8) is 0 Å². The maximum atomic E-state index is 12.5. The quantitative estimate of drug-likeness (QED) is 0.463. The van der Waals surface area contributed by atoms with Crippen LogP contribution in [0.5, 0.6) is 11.5 Å². The summed E-state index contributed by atoms with van der Waals surface area (Å²) in [5, 5.41) is 21.9. The number of hydrogen-bond donors (Lipinski definition) is 2. The molecule has 27 heavy (non-hydrogen) atoms. The number of carbonyl (C=O) groups excluding carboxylic acids is 2. The van der Waals surface area contributed by atoms with E-state index in [1.807, 2.05) is 13.0 Å². The van der Waals surface area contributed by atoms with Crippen LogP contribution < -0.4 is 10.1 Å². The molecule has 2 aromatic rings. The van der Waals surface area contributed by atoms with Crippen molar-refractivity contribution in [2.24, 2.45) is 0 Å². The fourth-order valence-corrected chi connectivity index (χ4v) is 3.38. The summed E-state index contributed by atoms with van der Waals surface area (Å²) in [4.78, 5) is 25.4. The highest BCUT2D eigenvalue weighted by Gasteiger charge is 2.22. The number of hydrogen-bond acceptors (Lipinski definition) is 7. The number of aryl methyl sites for hydroxylation is 1. The Morgan fingerprint density at radius 3 is 2.59 bits per heavy atom. The summed E-state index contributed by atoms with van der Waals surface area (Å²) in [6.07, 6.45) is 1.36. The second-order valence-electron chi connectivity index (χ2n) is 5.53. The minimum atomic E-state index is -0.657. The number of nitrogens with one attached hydrogen (secondary N) is 1. The molecule has 1 aromatic heterocycles. The number of anilines is 1. The number of carbonyl (C=O) groups is 2. The highest BCUT2D eigenvalue weighted by molar-refractivity contribution is 7.16.